The first-order valence-corrected chi connectivity index (χ1v) is 10.5. The Balaban J connectivity index is 1.51. The molecular formula is C19H20BrClF4N4O. The van der Waals surface area contributed by atoms with Crippen LogP contribution < -0.4 is 0 Å². The van der Waals surface area contributed by atoms with Crippen molar-refractivity contribution in [3.63, 3.8) is 0 Å². The number of halogens is 6. The maximum Gasteiger partial charge on any atom is 0.436 e. The van der Waals surface area contributed by atoms with Gasteiger partial charge in [0.1, 0.15) is 5.82 Å². The van der Waals surface area contributed by atoms with Crippen LogP contribution in [-0.4, -0.2) is 51.7 Å². The number of piperazine rings is 1. The highest BCUT2D eigenvalue weighted by atomic mass is 79.9. The summed E-state index contributed by atoms with van der Waals surface area (Å²) in [5.74, 6) is -0.519. The third-order valence-electron chi connectivity index (χ3n) is 5.07. The van der Waals surface area contributed by atoms with Crippen LogP contribution in [0.3, 0.4) is 0 Å². The molecule has 0 spiro atoms. The van der Waals surface area contributed by atoms with E-state index in [0.29, 0.717) is 43.4 Å². The minimum atomic E-state index is -4.55. The highest BCUT2D eigenvalue weighted by Crippen LogP contribution is 2.35. The number of hydrogen-bond donors (Lipinski definition) is 0. The van der Waals surface area contributed by atoms with Gasteiger partial charge in [-0.1, -0.05) is 17.7 Å². The molecule has 1 aromatic heterocycles. The summed E-state index contributed by atoms with van der Waals surface area (Å²) in [5.41, 5.74) is 0.162. The first-order chi connectivity index (χ1) is 14.1. The lowest BCUT2D eigenvalue weighted by Crippen LogP contribution is -2.48. The van der Waals surface area contributed by atoms with Crippen molar-refractivity contribution < 1.29 is 22.4 Å². The maximum atomic E-state index is 13.2. The number of hydrogen-bond acceptors (Lipinski definition) is 3. The molecule has 11 heteroatoms. The normalized spacial score (nSPS) is 15.6. The summed E-state index contributed by atoms with van der Waals surface area (Å²) in [5, 5.41) is 3.97. The lowest BCUT2D eigenvalue weighted by molar-refractivity contribution is -0.142. The number of benzene rings is 1. The molecule has 5 nitrogen and oxygen atoms in total. The number of aryl methyl sites for hydroxylation is 1. The Bertz CT molecular complexity index is 926. The fourth-order valence-corrected chi connectivity index (χ4v) is 4.06. The van der Waals surface area contributed by atoms with Gasteiger partial charge in [-0.2, -0.15) is 18.3 Å². The van der Waals surface area contributed by atoms with E-state index in [1.807, 2.05) is 0 Å². The predicted octanol–water partition coefficient (Wildman–Crippen LogP) is 4.50. The molecule has 0 unspecified atom stereocenters. The fourth-order valence-electron chi connectivity index (χ4n) is 3.33. The molecule has 1 aliphatic rings. The van der Waals surface area contributed by atoms with Gasteiger partial charge in [-0.25, -0.2) is 4.39 Å². The number of rotatable bonds is 5. The number of amides is 1. The topological polar surface area (TPSA) is 41.4 Å². The summed E-state index contributed by atoms with van der Waals surface area (Å²) in [6.45, 7) is 4.43. The first kappa shape index (κ1) is 23.0. The zero-order valence-corrected chi connectivity index (χ0v) is 18.5. The van der Waals surface area contributed by atoms with Crippen LogP contribution in [0.1, 0.15) is 23.4 Å². The Kier molecular flexibility index (Phi) is 7.09. The Hall–Kier alpha value is -1.65. The van der Waals surface area contributed by atoms with Gasteiger partial charge in [0, 0.05) is 44.2 Å². The molecule has 0 bridgehead atoms. The Morgan fingerprint density at radius 1 is 1.23 bits per heavy atom. The van der Waals surface area contributed by atoms with E-state index in [1.54, 1.807) is 11.0 Å². The second kappa shape index (κ2) is 9.23. The van der Waals surface area contributed by atoms with Crippen LogP contribution in [0.4, 0.5) is 17.6 Å². The third-order valence-corrected chi connectivity index (χ3v) is 6.37. The largest absolute Gasteiger partial charge is 0.436 e. The Morgan fingerprint density at radius 2 is 1.90 bits per heavy atom. The summed E-state index contributed by atoms with van der Waals surface area (Å²) in [4.78, 5) is 16.3. The number of carbonyl (C=O) groups excluding carboxylic acids is 1. The smallest absolute Gasteiger partial charge is 0.340 e. The molecule has 1 aliphatic heterocycles. The molecule has 3 rings (SSSR count). The SMILES string of the molecule is Cc1c(Br)c(C(F)(F)F)nn1CCC(=O)N1CCN(Cc2ccc(F)cc2Cl)CC1. The zero-order chi connectivity index (χ0) is 22.1. The van der Waals surface area contributed by atoms with Gasteiger partial charge < -0.3 is 4.90 Å². The summed E-state index contributed by atoms with van der Waals surface area (Å²) < 4.78 is 53.1. The van der Waals surface area contributed by atoms with Crippen LogP contribution in [0.2, 0.25) is 5.02 Å². The zero-order valence-electron chi connectivity index (χ0n) is 16.1. The van der Waals surface area contributed by atoms with Gasteiger partial charge in [0.15, 0.2) is 5.69 Å². The standard InChI is InChI=1S/C19H20BrClF4N4O/c1-12-17(20)18(19(23,24)25)26-29(12)5-4-16(30)28-8-6-27(7-9-28)11-13-2-3-14(22)10-15(13)21/h2-3,10H,4-9,11H2,1H3. The molecule has 0 saturated carbocycles. The van der Waals surface area contributed by atoms with E-state index in [2.05, 4.69) is 25.9 Å². The second-order valence-corrected chi connectivity index (χ2v) is 8.31. The molecule has 30 heavy (non-hydrogen) atoms. The Labute approximate surface area is 184 Å². The molecule has 164 valence electrons. The minimum absolute atomic E-state index is 0.0655. The minimum Gasteiger partial charge on any atom is -0.340 e. The monoisotopic (exact) mass is 510 g/mol. The van der Waals surface area contributed by atoms with Crippen molar-refractivity contribution in [1.82, 2.24) is 19.6 Å². The van der Waals surface area contributed by atoms with Crippen LogP contribution in [0.15, 0.2) is 22.7 Å². The van der Waals surface area contributed by atoms with Crippen molar-refractivity contribution in [2.24, 2.45) is 0 Å². The van der Waals surface area contributed by atoms with Crippen LogP contribution in [0.25, 0.3) is 0 Å². The summed E-state index contributed by atoms with van der Waals surface area (Å²) in [6, 6.07) is 4.28. The summed E-state index contributed by atoms with van der Waals surface area (Å²) in [6.07, 6.45) is -4.49. The number of nitrogens with zero attached hydrogens (tertiary/aromatic N) is 4. The van der Waals surface area contributed by atoms with Crippen molar-refractivity contribution in [2.75, 3.05) is 26.2 Å². The van der Waals surface area contributed by atoms with E-state index in [9.17, 15) is 22.4 Å². The average molecular weight is 512 g/mol. The molecule has 0 radical (unpaired) electrons. The van der Waals surface area contributed by atoms with E-state index >= 15 is 0 Å². The maximum absolute atomic E-state index is 13.2. The van der Waals surface area contributed by atoms with Crippen LogP contribution >= 0.6 is 27.5 Å². The quantitative estimate of drug-likeness (QED) is 0.555. The third kappa shape index (κ3) is 5.33. The molecule has 0 atom stereocenters. The highest BCUT2D eigenvalue weighted by molar-refractivity contribution is 9.10. The van der Waals surface area contributed by atoms with Gasteiger partial charge in [0.25, 0.3) is 0 Å². The first-order valence-electron chi connectivity index (χ1n) is 9.30. The van der Waals surface area contributed by atoms with E-state index < -0.39 is 11.9 Å². The van der Waals surface area contributed by atoms with E-state index in [0.717, 1.165) is 5.56 Å². The molecule has 1 saturated heterocycles. The van der Waals surface area contributed by atoms with Crippen molar-refractivity contribution in [3.8, 4) is 0 Å². The lowest BCUT2D eigenvalue weighted by Gasteiger charge is -2.35. The van der Waals surface area contributed by atoms with Gasteiger partial charge in [0.2, 0.25) is 5.91 Å². The van der Waals surface area contributed by atoms with Crippen molar-refractivity contribution in [1.29, 1.82) is 0 Å². The predicted molar refractivity (Wildman–Crippen MR) is 108 cm³/mol. The van der Waals surface area contributed by atoms with Gasteiger partial charge in [-0.05, 0) is 40.5 Å². The second-order valence-electron chi connectivity index (χ2n) is 7.11. The van der Waals surface area contributed by atoms with E-state index in [1.165, 1.54) is 23.7 Å². The van der Waals surface area contributed by atoms with Gasteiger partial charge in [-0.15, -0.1) is 0 Å². The Morgan fingerprint density at radius 3 is 2.47 bits per heavy atom. The van der Waals surface area contributed by atoms with Crippen LogP contribution in [0.5, 0.6) is 0 Å². The number of aromatic nitrogens is 2. The molecule has 0 aliphatic carbocycles. The van der Waals surface area contributed by atoms with Crippen LogP contribution in [0, 0.1) is 12.7 Å². The van der Waals surface area contributed by atoms with Crippen molar-refractivity contribution >= 4 is 33.4 Å². The molecule has 1 fully saturated rings. The van der Waals surface area contributed by atoms with Crippen LogP contribution in [-0.2, 0) is 24.1 Å². The molecule has 0 N–H and O–H groups in total. The molecule has 1 aromatic carbocycles. The van der Waals surface area contributed by atoms with E-state index in [-0.39, 0.29) is 29.2 Å². The van der Waals surface area contributed by atoms with Crippen molar-refractivity contribution in [2.45, 2.75) is 32.6 Å². The number of alkyl halides is 3. The number of carbonyl (C=O) groups is 1. The summed E-state index contributed by atoms with van der Waals surface area (Å²) in [7, 11) is 0. The molecule has 1 amide bonds. The molecule has 2 heterocycles. The van der Waals surface area contributed by atoms with E-state index in [4.69, 9.17) is 11.6 Å². The van der Waals surface area contributed by atoms with Crippen molar-refractivity contribution in [3.05, 3.63) is 50.5 Å². The average Bonchev–Trinajstić information content (AvgIpc) is 2.97. The molecule has 2 aromatic rings. The highest BCUT2D eigenvalue weighted by Gasteiger charge is 2.38. The lowest BCUT2D eigenvalue weighted by atomic mass is 10.2. The fraction of sp³-hybridized carbons (Fsp3) is 0.474. The van der Waals surface area contributed by atoms with Gasteiger partial charge in [0.05, 0.1) is 16.7 Å². The summed E-state index contributed by atoms with van der Waals surface area (Å²) >= 11 is 9.00. The van der Waals surface area contributed by atoms with Gasteiger partial charge in [-0.3, -0.25) is 14.4 Å². The van der Waals surface area contributed by atoms with Gasteiger partial charge >= 0.3 is 6.18 Å². The molecular weight excluding hydrogens is 492 g/mol.